The fraction of sp³-hybridized carbons (Fsp3) is 0.474. The van der Waals surface area contributed by atoms with Gasteiger partial charge in [0.2, 0.25) is 0 Å². The van der Waals surface area contributed by atoms with E-state index in [9.17, 15) is 4.79 Å². The number of nitrogens with zero attached hydrogens (tertiary/aromatic N) is 4. The first-order valence-electron chi connectivity index (χ1n) is 8.86. The van der Waals surface area contributed by atoms with Crippen LogP contribution in [0.3, 0.4) is 0 Å². The molecule has 0 aromatic carbocycles. The van der Waals surface area contributed by atoms with Crippen LogP contribution in [0.5, 0.6) is 0 Å². The summed E-state index contributed by atoms with van der Waals surface area (Å²) in [7, 11) is 0. The molecule has 2 aliphatic rings. The predicted octanol–water partition coefficient (Wildman–Crippen LogP) is 1.77. The van der Waals surface area contributed by atoms with Gasteiger partial charge in [0.05, 0.1) is 32.0 Å². The number of hydrogen-bond acceptors (Lipinski definition) is 6. The van der Waals surface area contributed by atoms with Crippen molar-refractivity contribution in [3.63, 3.8) is 0 Å². The van der Waals surface area contributed by atoms with Gasteiger partial charge in [0.1, 0.15) is 11.3 Å². The Hall–Kier alpha value is -2.38. The zero-order chi connectivity index (χ0) is 18.0. The van der Waals surface area contributed by atoms with E-state index in [1.54, 1.807) is 17.3 Å². The van der Waals surface area contributed by atoms with Gasteiger partial charge in [0, 0.05) is 37.8 Å². The number of likely N-dealkylation sites (tertiary alicyclic amines) is 1. The van der Waals surface area contributed by atoms with Gasteiger partial charge < -0.3 is 14.4 Å². The Morgan fingerprint density at radius 1 is 1.31 bits per heavy atom. The highest BCUT2D eigenvalue weighted by Gasteiger charge is 2.49. The van der Waals surface area contributed by atoms with Crippen molar-refractivity contribution in [2.75, 3.05) is 19.7 Å². The summed E-state index contributed by atoms with van der Waals surface area (Å²) in [4.78, 5) is 26.4. The summed E-state index contributed by atoms with van der Waals surface area (Å²) in [6.45, 7) is 4.43. The molecule has 2 aromatic heterocycles. The molecule has 0 saturated carbocycles. The zero-order valence-electron chi connectivity index (χ0n) is 14.8. The number of aryl methyl sites for hydroxylation is 1. The predicted molar refractivity (Wildman–Crippen MR) is 93.4 cm³/mol. The van der Waals surface area contributed by atoms with Crippen LogP contribution >= 0.6 is 0 Å². The molecule has 2 saturated heterocycles. The standard InChI is InChI=1S/C19H22N4O3/c1-14-2-4-20-9-15(14)11-25-16-3-7-26-19(8-16)12-23(13-19)18(24)17-10-21-5-6-22-17/h2,4-6,9-10,16H,3,7-8,11-13H2,1H3. The van der Waals surface area contributed by atoms with E-state index in [0.29, 0.717) is 32.0 Å². The molecular formula is C19H22N4O3. The van der Waals surface area contributed by atoms with Crippen LogP contribution in [0.2, 0.25) is 0 Å². The van der Waals surface area contributed by atoms with Crippen molar-refractivity contribution in [2.45, 2.75) is 38.1 Å². The molecule has 4 rings (SSSR count). The number of amides is 1. The summed E-state index contributed by atoms with van der Waals surface area (Å²) in [5.74, 6) is -0.0960. The maximum absolute atomic E-state index is 12.4. The second-order valence-corrected chi connectivity index (χ2v) is 7.01. The summed E-state index contributed by atoms with van der Waals surface area (Å²) in [5.41, 5.74) is 2.38. The Labute approximate surface area is 152 Å². The summed E-state index contributed by atoms with van der Waals surface area (Å²) < 4.78 is 12.1. The topological polar surface area (TPSA) is 77.4 Å². The molecule has 26 heavy (non-hydrogen) atoms. The Balaban J connectivity index is 1.32. The van der Waals surface area contributed by atoms with Crippen LogP contribution in [0.25, 0.3) is 0 Å². The van der Waals surface area contributed by atoms with Gasteiger partial charge in [0.25, 0.3) is 5.91 Å². The Kier molecular flexibility index (Phi) is 4.65. The molecule has 7 heteroatoms. The molecule has 1 amide bonds. The summed E-state index contributed by atoms with van der Waals surface area (Å²) in [5, 5.41) is 0. The number of pyridine rings is 1. The highest BCUT2D eigenvalue weighted by atomic mass is 16.5. The highest BCUT2D eigenvalue weighted by Crippen LogP contribution is 2.36. The van der Waals surface area contributed by atoms with E-state index in [4.69, 9.17) is 9.47 Å². The maximum Gasteiger partial charge on any atom is 0.274 e. The third kappa shape index (κ3) is 3.45. The summed E-state index contributed by atoms with van der Waals surface area (Å²) in [6, 6.07) is 1.99. The van der Waals surface area contributed by atoms with Crippen LogP contribution in [0.4, 0.5) is 0 Å². The van der Waals surface area contributed by atoms with Gasteiger partial charge in [-0.05, 0) is 30.5 Å². The van der Waals surface area contributed by atoms with Crippen molar-refractivity contribution in [1.29, 1.82) is 0 Å². The van der Waals surface area contributed by atoms with Crippen molar-refractivity contribution in [3.8, 4) is 0 Å². The van der Waals surface area contributed by atoms with Crippen LogP contribution in [0.15, 0.2) is 37.1 Å². The molecule has 2 aliphatic heterocycles. The maximum atomic E-state index is 12.4. The molecule has 136 valence electrons. The Morgan fingerprint density at radius 3 is 2.92 bits per heavy atom. The molecule has 1 unspecified atom stereocenters. The molecular weight excluding hydrogens is 332 g/mol. The highest BCUT2D eigenvalue weighted by molar-refractivity contribution is 5.92. The molecule has 1 spiro atoms. The monoisotopic (exact) mass is 354 g/mol. The quantitative estimate of drug-likeness (QED) is 0.833. The van der Waals surface area contributed by atoms with E-state index in [1.165, 1.54) is 18.0 Å². The molecule has 4 heterocycles. The van der Waals surface area contributed by atoms with Crippen molar-refractivity contribution >= 4 is 5.91 Å². The van der Waals surface area contributed by atoms with Crippen molar-refractivity contribution in [2.24, 2.45) is 0 Å². The van der Waals surface area contributed by atoms with Gasteiger partial charge >= 0.3 is 0 Å². The molecule has 0 bridgehead atoms. The Morgan fingerprint density at radius 2 is 2.15 bits per heavy atom. The Bertz CT molecular complexity index is 777. The molecule has 0 aliphatic carbocycles. The number of hydrogen-bond donors (Lipinski definition) is 0. The van der Waals surface area contributed by atoms with E-state index in [0.717, 1.165) is 18.4 Å². The molecule has 2 aromatic rings. The van der Waals surface area contributed by atoms with Gasteiger partial charge in [-0.2, -0.15) is 0 Å². The second-order valence-electron chi connectivity index (χ2n) is 7.01. The number of rotatable bonds is 4. The van der Waals surface area contributed by atoms with Crippen molar-refractivity contribution in [1.82, 2.24) is 19.9 Å². The average molecular weight is 354 g/mol. The fourth-order valence-corrected chi connectivity index (χ4v) is 3.57. The zero-order valence-corrected chi connectivity index (χ0v) is 14.8. The summed E-state index contributed by atoms with van der Waals surface area (Å²) in [6.07, 6.45) is 10.0. The smallest absolute Gasteiger partial charge is 0.274 e. The van der Waals surface area contributed by atoms with Crippen molar-refractivity contribution < 1.29 is 14.3 Å². The first-order chi connectivity index (χ1) is 12.7. The van der Waals surface area contributed by atoms with Crippen LogP contribution in [-0.2, 0) is 16.1 Å². The van der Waals surface area contributed by atoms with Crippen LogP contribution in [-0.4, -0.2) is 57.2 Å². The van der Waals surface area contributed by atoms with E-state index >= 15 is 0 Å². The lowest BCUT2D eigenvalue weighted by Gasteiger charge is -2.52. The first-order valence-corrected chi connectivity index (χ1v) is 8.86. The molecule has 1 atom stereocenters. The molecule has 2 fully saturated rings. The van der Waals surface area contributed by atoms with Crippen LogP contribution in [0.1, 0.15) is 34.5 Å². The van der Waals surface area contributed by atoms with Gasteiger partial charge in [-0.3, -0.25) is 14.8 Å². The average Bonchev–Trinajstić information content (AvgIpc) is 2.66. The van der Waals surface area contributed by atoms with Crippen LogP contribution in [0, 0.1) is 6.92 Å². The number of carbonyl (C=O) groups excluding carboxylic acids is 1. The minimum Gasteiger partial charge on any atom is -0.373 e. The number of carbonyl (C=O) groups is 1. The lowest BCUT2D eigenvalue weighted by atomic mass is 9.84. The van der Waals surface area contributed by atoms with Gasteiger partial charge in [-0.15, -0.1) is 0 Å². The fourth-order valence-electron chi connectivity index (χ4n) is 3.57. The van der Waals surface area contributed by atoms with Crippen LogP contribution < -0.4 is 0 Å². The lowest BCUT2D eigenvalue weighted by Crippen LogP contribution is -2.67. The summed E-state index contributed by atoms with van der Waals surface area (Å²) >= 11 is 0. The van der Waals surface area contributed by atoms with Gasteiger partial charge in [-0.1, -0.05) is 0 Å². The second kappa shape index (κ2) is 7.09. The lowest BCUT2D eigenvalue weighted by molar-refractivity contribution is -0.188. The van der Waals surface area contributed by atoms with Crippen molar-refractivity contribution in [3.05, 3.63) is 53.9 Å². The van der Waals surface area contributed by atoms with Gasteiger partial charge in [-0.25, -0.2) is 4.98 Å². The van der Waals surface area contributed by atoms with E-state index in [1.807, 2.05) is 12.3 Å². The van der Waals surface area contributed by atoms with E-state index < -0.39 is 0 Å². The number of ether oxygens (including phenoxy) is 2. The minimum atomic E-state index is -0.287. The molecule has 0 radical (unpaired) electrons. The molecule has 7 nitrogen and oxygen atoms in total. The first kappa shape index (κ1) is 17.1. The molecule has 0 N–H and O–H groups in total. The minimum absolute atomic E-state index is 0.0960. The largest absolute Gasteiger partial charge is 0.373 e. The number of aromatic nitrogens is 3. The van der Waals surface area contributed by atoms with E-state index in [2.05, 4.69) is 21.9 Å². The van der Waals surface area contributed by atoms with E-state index in [-0.39, 0.29) is 17.6 Å². The normalized spacial score (nSPS) is 21.4. The SMILES string of the molecule is Cc1ccncc1COC1CCOC2(C1)CN(C(=O)c1cnccn1)C2. The third-order valence-electron chi connectivity index (χ3n) is 5.10. The van der Waals surface area contributed by atoms with Gasteiger partial charge in [0.15, 0.2) is 0 Å². The third-order valence-corrected chi connectivity index (χ3v) is 5.10.